The van der Waals surface area contributed by atoms with Crippen LogP contribution in [0.2, 0.25) is 0 Å². The molecular weight excluding hydrogens is 262 g/mol. The molecule has 0 unspecified atom stereocenters. The summed E-state index contributed by atoms with van der Waals surface area (Å²) in [5.41, 5.74) is 3.15. The van der Waals surface area contributed by atoms with Crippen molar-refractivity contribution in [2.75, 3.05) is 0 Å². The number of aromatic nitrogens is 1. The highest BCUT2D eigenvalue weighted by atomic mass is 16.5. The van der Waals surface area contributed by atoms with Crippen molar-refractivity contribution in [3.63, 3.8) is 0 Å². The van der Waals surface area contributed by atoms with Gasteiger partial charge in [-0.15, -0.1) is 0 Å². The molecule has 0 saturated heterocycles. The molecule has 0 radical (unpaired) electrons. The van der Waals surface area contributed by atoms with E-state index in [1.807, 2.05) is 32.0 Å². The third-order valence-corrected chi connectivity index (χ3v) is 4.43. The minimum absolute atomic E-state index is 0.0874. The molecule has 1 aromatic carbocycles. The summed E-state index contributed by atoms with van der Waals surface area (Å²) in [5.74, 6) is 0.434. The van der Waals surface area contributed by atoms with Gasteiger partial charge in [0.15, 0.2) is 0 Å². The molecule has 112 valence electrons. The topological polar surface area (TPSA) is 31.2 Å². The zero-order valence-corrected chi connectivity index (χ0v) is 13.1. The Morgan fingerprint density at radius 1 is 1.24 bits per heavy atom. The number of aryl methyl sites for hydroxylation is 1. The van der Waals surface area contributed by atoms with Crippen LogP contribution in [0.1, 0.15) is 61.5 Å². The van der Waals surface area contributed by atoms with Crippen molar-refractivity contribution < 1.29 is 9.53 Å². The lowest BCUT2D eigenvalue weighted by atomic mass is 10.0. The van der Waals surface area contributed by atoms with Crippen molar-refractivity contribution in [3.05, 3.63) is 35.5 Å². The summed E-state index contributed by atoms with van der Waals surface area (Å²) in [4.78, 5) is 12.0. The van der Waals surface area contributed by atoms with Crippen molar-refractivity contribution in [1.82, 2.24) is 4.57 Å². The maximum Gasteiger partial charge on any atom is 0.338 e. The quantitative estimate of drug-likeness (QED) is 0.783. The number of fused-ring (bicyclic) bond motifs is 1. The number of carbonyl (C=O) groups is 1. The summed E-state index contributed by atoms with van der Waals surface area (Å²) in [6, 6.07) is 8.14. The van der Waals surface area contributed by atoms with Crippen LogP contribution < -0.4 is 0 Å². The summed E-state index contributed by atoms with van der Waals surface area (Å²) < 4.78 is 7.53. The number of hydrogen-bond acceptors (Lipinski definition) is 2. The van der Waals surface area contributed by atoms with Gasteiger partial charge in [-0.3, -0.25) is 0 Å². The van der Waals surface area contributed by atoms with E-state index in [0.717, 1.165) is 5.52 Å². The predicted molar refractivity (Wildman–Crippen MR) is 84.7 cm³/mol. The zero-order valence-electron chi connectivity index (χ0n) is 13.1. The SMILES string of the molecule is CC(C)OC(=O)c1ccc2cc(C3CCCC3)n(C)c2c1. The molecule has 0 aliphatic heterocycles. The van der Waals surface area contributed by atoms with E-state index in [9.17, 15) is 4.79 Å². The Morgan fingerprint density at radius 3 is 2.62 bits per heavy atom. The Balaban J connectivity index is 1.97. The lowest BCUT2D eigenvalue weighted by Crippen LogP contribution is -2.11. The summed E-state index contributed by atoms with van der Waals surface area (Å²) in [6.45, 7) is 3.74. The molecule has 1 aliphatic rings. The molecule has 2 aromatic rings. The van der Waals surface area contributed by atoms with Crippen LogP contribution >= 0.6 is 0 Å². The van der Waals surface area contributed by atoms with Gasteiger partial charge < -0.3 is 9.30 Å². The fourth-order valence-electron chi connectivity index (χ4n) is 3.37. The van der Waals surface area contributed by atoms with Crippen LogP contribution in [0.15, 0.2) is 24.3 Å². The highest BCUT2D eigenvalue weighted by molar-refractivity contribution is 5.95. The molecule has 1 heterocycles. The van der Waals surface area contributed by atoms with Crippen LogP contribution in [-0.2, 0) is 11.8 Å². The lowest BCUT2D eigenvalue weighted by molar-refractivity contribution is 0.0378. The van der Waals surface area contributed by atoms with Crippen LogP contribution in [0.5, 0.6) is 0 Å². The number of ether oxygens (including phenoxy) is 1. The van der Waals surface area contributed by atoms with Crippen LogP contribution in [0.4, 0.5) is 0 Å². The van der Waals surface area contributed by atoms with Crippen LogP contribution in [0, 0.1) is 0 Å². The minimum Gasteiger partial charge on any atom is -0.459 e. The van der Waals surface area contributed by atoms with E-state index in [0.29, 0.717) is 11.5 Å². The molecular formula is C18H23NO2. The van der Waals surface area contributed by atoms with Gasteiger partial charge in [-0.2, -0.15) is 0 Å². The monoisotopic (exact) mass is 285 g/mol. The first-order chi connectivity index (χ1) is 10.1. The first-order valence-electron chi connectivity index (χ1n) is 7.86. The van der Waals surface area contributed by atoms with Gasteiger partial charge in [0.05, 0.1) is 11.7 Å². The molecule has 1 aliphatic carbocycles. The summed E-state index contributed by atoms with van der Waals surface area (Å²) >= 11 is 0. The van der Waals surface area contributed by atoms with Crippen LogP contribution in [0.25, 0.3) is 10.9 Å². The molecule has 21 heavy (non-hydrogen) atoms. The van der Waals surface area contributed by atoms with Gasteiger partial charge >= 0.3 is 5.97 Å². The first-order valence-corrected chi connectivity index (χ1v) is 7.86. The standard InChI is InChI=1S/C18H23NO2/c1-12(2)21-18(20)15-9-8-14-10-16(13-6-4-5-7-13)19(3)17(14)11-15/h8-13H,4-7H2,1-3H3. The highest BCUT2D eigenvalue weighted by Crippen LogP contribution is 2.36. The highest BCUT2D eigenvalue weighted by Gasteiger charge is 2.21. The Bertz CT molecular complexity index is 663. The predicted octanol–water partition coefficient (Wildman–Crippen LogP) is 4.40. The third kappa shape index (κ3) is 2.69. The van der Waals surface area contributed by atoms with E-state index in [-0.39, 0.29) is 12.1 Å². The molecule has 1 aromatic heterocycles. The molecule has 3 heteroatoms. The fraction of sp³-hybridized carbons (Fsp3) is 0.500. The number of nitrogens with zero attached hydrogens (tertiary/aromatic N) is 1. The van der Waals surface area contributed by atoms with E-state index in [1.165, 1.54) is 36.8 Å². The van der Waals surface area contributed by atoms with Gasteiger partial charge in [0.2, 0.25) is 0 Å². The van der Waals surface area contributed by atoms with E-state index < -0.39 is 0 Å². The van der Waals surface area contributed by atoms with Gasteiger partial charge in [-0.1, -0.05) is 18.9 Å². The average Bonchev–Trinajstić information content (AvgIpc) is 3.06. The first kappa shape index (κ1) is 14.2. The Morgan fingerprint density at radius 2 is 1.95 bits per heavy atom. The van der Waals surface area contributed by atoms with Crippen molar-refractivity contribution in [3.8, 4) is 0 Å². The fourth-order valence-corrected chi connectivity index (χ4v) is 3.37. The second-order valence-corrected chi connectivity index (χ2v) is 6.34. The van der Waals surface area contributed by atoms with Crippen LogP contribution in [-0.4, -0.2) is 16.6 Å². The molecule has 3 rings (SSSR count). The van der Waals surface area contributed by atoms with Crippen molar-refractivity contribution in [2.45, 2.75) is 51.6 Å². The molecule has 0 atom stereocenters. The number of benzene rings is 1. The maximum absolute atomic E-state index is 12.0. The molecule has 1 saturated carbocycles. The number of rotatable bonds is 3. The van der Waals surface area contributed by atoms with Gasteiger partial charge in [0.25, 0.3) is 0 Å². The largest absolute Gasteiger partial charge is 0.459 e. The number of hydrogen-bond donors (Lipinski definition) is 0. The third-order valence-electron chi connectivity index (χ3n) is 4.43. The number of carbonyl (C=O) groups excluding carboxylic acids is 1. The summed E-state index contributed by atoms with van der Waals surface area (Å²) in [6.07, 6.45) is 5.14. The molecule has 0 N–H and O–H groups in total. The average molecular weight is 285 g/mol. The zero-order chi connectivity index (χ0) is 15.0. The van der Waals surface area contributed by atoms with E-state index >= 15 is 0 Å². The Labute approximate surface area is 125 Å². The van der Waals surface area contributed by atoms with E-state index in [4.69, 9.17) is 4.74 Å². The van der Waals surface area contributed by atoms with Gasteiger partial charge in [-0.25, -0.2) is 4.79 Å². The second-order valence-electron chi connectivity index (χ2n) is 6.34. The Kier molecular flexibility index (Phi) is 3.75. The summed E-state index contributed by atoms with van der Waals surface area (Å²) in [7, 11) is 2.10. The van der Waals surface area contributed by atoms with Crippen molar-refractivity contribution >= 4 is 16.9 Å². The number of esters is 1. The molecule has 1 fully saturated rings. The van der Waals surface area contributed by atoms with Crippen molar-refractivity contribution in [1.29, 1.82) is 0 Å². The molecule has 0 amide bonds. The minimum atomic E-state index is -0.240. The van der Waals surface area contributed by atoms with Gasteiger partial charge in [0, 0.05) is 18.3 Å². The molecule has 0 bridgehead atoms. The normalized spacial score (nSPS) is 16.0. The Hall–Kier alpha value is -1.77. The van der Waals surface area contributed by atoms with Crippen molar-refractivity contribution in [2.24, 2.45) is 7.05 Å². The van der Waals surface area contributed by atoms with Gasteiger partial charge in [0.1, 0.15) is 0 Å². The molecule has 3 nitrogen and oxygen atoms in total. The lowest BCUT2D eigenvalue weighted by Gasteiger charge is -2.11. The molecule has 0 spiro atoms. The smallest absolute Gasteiger partial charge is 0.338 e. The van der Waals surface area contributed by atoms with E-state index in [1.54, 1.807) is 0 Å². The van der Waals surface area contributed by atoms with Crippen LogP contribution in [0.3, 0.4) is 0 Å². The maximum atomic E-state index is 12.0. The summed E-state index contributed by atoms with van der Waals surface area (Å²) in [5, 5.41) is 1.21. The van der Waals surface area contributed by atoms with Gasteiger partial charge in [-0.05, 0) is 56.2 Å². The second kappa shape index (κ2) is 5.55. The van der Waals surface area contributed by atoms with E-state index in [2.05, 4.69) is 17.7 Å².